The zero-order chi connectivity index (χ0) is 19.5. The molecule has 0 radical (unpaired) electrons. The molecule has 0 spiro atoms. The number of carbonyl (C=O) groups is 1. The highest BCUT2D eigenvalue weighted by Crippen LogP contribution is 2.34. The van der Waals surface area contributed by atoms with E-state index >= 15 is 0 Å². The first kappa shape index (κ1) is 18.5. The number of halogens is 1. The van der Waals surface area contributed by atoms with Crippen LogP contribution < -0.4 is 4.74 Å². The monoisotopic (exact) mass is 396 g/mol. The number of carbonyl (C=O) groups excluding carboxylic acids is 1. The van der Waals surface area contributed by atoms with Crippen molar-refractivity contribution in [2.75, 3.05) is 13.7 Å². The van der Waals surface area contributed by atoms with Crippen LogP contribution in [0.5, 0.6) is 5.75 Å². The molecule has 3 aromatic rings. The molecule has 2 heterocycles. The summed E-state index contributed by atoms with van der Waals surface area (Å²) >= 11 is 6.21. The van der Waals surface area contributed by atoms with E-state index in [4.69, 9.17) is 16.3 Å². The van der Waals surface area contributed by atoms with Crippen LogP contribution in [0.25, 0.3) is 0 Å². The van der Waals surface area contributed by atoms with Crippen molar-refractivity contribution in [1.82, 2.24) is 19.9 Å². The standard InChI is InChI=1S/C21H21ClN4O2/c1-28-17-8-4-7-15(12-17)20-10-5-11-26(20)21(27)19-14-25(24-23-19)13-16-6-2-3-9-18(16)22/h2-4,6-9,12,14,20H,5,10-11,13H2,1H3/t20-/m1/s1. The lowest BCUT2D eigenvalue weighted by Gasteiger charge is -2.24. The largest absolute Gasteiger partial charge is 0.497 e. The highest BCUT2D eigenvalue weighted by Gasteiger charge is 2.32. The molecular formula is C21H21ClN4O2. The lowest BCUT2D eigenvalue weighted by atomic mass is 10.0. The predicted octanol–water partition coefficient (Wildman–Crippen LogP) is 3.97. The number of benzene rings is 2. The fraction of sp³-hybridized carbons (Fsp3) is 0.286. The van der Waals surface area contributed by atoms with Crippen LogP contribution in [0.1, 0.15) is 40.5 Å². The smallest absolute Gasteiger partial charge is 0.276 e. The lowest BCUT2D eigenvalue weighted by Crippen LogP contribution is -2.30. The van der Waals surface area contributed by atoms with Crippen molar-refractivity contribution in [3.05, 3.63) is 76.6 Å². The number of ether oxygens (including phenoxy) is 1. The molecule has 144 valence electrons. The van der Waals surface area contributed by atoms with E-state index in [1.54, 1.807) is 18.0 Å². The summed E-state index contributed by atoms with van der Waals surface area (Å²) in [5.74, 6) is 0.693. The Balaban J connectivity index is 1.52. The van der Waals surface area contributed by atoms with Crippen LogP contribution >= 0.6 is 11.6 Å². The summed E-state index contributed by atoms with van der Waals surface area (Å²) < 4.78 is 6.97. The van der Waals surface area contributed by atoms with Gasteiger partial charge in [-0.05, 0) is 42.2 Å². The molecule has 0 unspecified atom stereocenters. The van der Waals surface area contributed by atoms with Crippen LogP contribution in [-0.4, -0.2) is 39.5 Å². The number of amides is 1. The van der Waals surface area contributed by atoms with E-state index in [2.05, 4.69) is 10.3 Å². The average Bonchev–Trinajstić information content (AvgIpc) is 3.39. The average molecular weight is 397 g/mol. The minimum Gasteiger partial charge on any atom is -0.497 e. The third-order valence-electron chi connectivity index (χ3n) is 5.04. The van der Waals surface area contributed by atoms with Crippen molar-refractivity contribution in [1.29, 1.82) is 0 Å². The third kappa shape index (κ3) is 3.73. The second kappa shape index (κ2) is 8.02. The number of likely N-dealkylation sites (tertiary alicyclic amines) is 1. The zero-order valence-corrected chi connectivity index (χ0v) is 16.3. The second-order valence-corrected chi connectivity index (χ2v) is 7.23. The first-order valence-electron chi connectivity index (χ1n) is 9.24. The van der Waals surface area contributed by atoms with E-state index < -0.39 is 0 Å². The Kier molecular flexibility index (Phi) is 5.30. The van der Waals surface area contributed by atoms with Gasteiger partial charge in [-0.2, -0.15) is 0 Å². The van der Waals surface area contributed by atoms with Gasteiger partial charge in [-0.3, -0.25) is 4.79 Å². The zero-order valence-electron chi connectivity index (χ0n) is 15.6. The molecule has 1 fully saturated rings. The Morgan fingerprint density at radius 1 is 1.25 bits per heavy atom. The van der Waals surface area contributed by atoms with E-state index in [-0.39, 0.29) is 11.9 Å². The number of hydrogen-bond donors (Lipinski definition) is 0. The summed E-state index contributed by atoms with van der Waals surface area (Å²) in [6, 6.07) is 15.5. The minimum atomic E-state index is -0.101. The summed E-state index contributed by atoms with van der Waals surface area (Å²) in [5.41, 5.74) is 2.36. The number of aromatic nitrogens is 3. The van der Waals surface area contributed by atoms with Gasteiger partial charge in [-0.1, -0.05) is 47.1 Å². The van der Waals surface area contributed by atoms with Crippen molar-refractivity contribution < 1.29 is 9.53 Å². The normalized spacial score (nSPS) is 16.4. The summed E-state index contributed by atoms with van der Waals surface area (Å²) in [4.78, 5) is 14.9. The van der Waals surface area contributed by atoms with Gasteiger partial charge in [0, 0.05) is 11.6 Å². The summed E-state index contributed by atoms with van der Waals surface area (Å²) in [7, 11) is 1.65. The highest BCUT2D eigenvalue weighted by atomic mass is 35.5. The topological polar surface area (TPSA) is 60.2 Å². The van der Waals surface area contributed by atoms with Crippen molar-refractivity contribution in [2.24, 2.45) is 0 Å². The third-order valence-corrected chi connectivity index (χ3v) is 5.41. The Hall–Kier alpha value is -2.86. The van der Waals surface area contributed by atoms with Crippen LogP contribution in [0.2, 0.25) is 5.02 Å². The van der Waals surface area contributed by atoms with Crippen molar-refractivity contribution >= 4 is 17.5 Å². The molecule has 1 aliphatic heterocycles. The fourth-order valence-corrected chi connectivity index (χ4v) is 3.82. The van der Waals surface area contributed by atoms with Gasteiger partial charge < -0.3 is 9.64 Å². The molecule has 0 N–H and O–H groups in total. The van der Waals surface area contributed by atoms with Crippen LogP contribution in [0.3, 0.4) is 0 Å². The summed E-state index contributed by atoms with van der Waals surface area (Å²) in [6.07, 6.45) is 3.57. The van der Waals surface area contributed by atoms with E-state index in [1.807, 2.05) is 53.4 Å². The van der Waals surface area contributed by atoms with Gasteiger partial charge in [0.15, 0.2) is 5.69 Å². The highest BCUT2D eigenvalue weighted by molar-refractivity contribution is 6.31. The molecule has 7 heteroatoms. The Morgan fingerprint density at radius 2 is 2.11 bits per heavy atom. The van der Waals surface area contributed by atoms with Gasteiger partial charge in [0.25, 0.3) is 5.91 Å². The van der Waals surface area contributed by atoms with Crippen molar-refractivity contribution in [3.8, 4) is 5.75 Å². The molecule has 28 heavy (non-hydrogen) atoms. The number of rotatable bonds is 5. The SMILES string of the molecule is COc1cccc([C@H]2CCCN2C(=O)c2cn(Cc3ccccc3Cl)nn2)c1. The van der Waals surface area contributed by atoms with Gasteiger partial charge in [0.05, 0.1) is 25.9 Å². The van der Waals surface area contributed by atoms with Gasteiger partial charge in [0.2, 0.25) is 0 Å². The van der Waals surface area contributed by atoms with Crippen LogP contribution in [0, 0.1) is 0 Å². The lowest BCUT2D eigenvalue weighted by molar-refractivity contribution is 0.0729. The Labute approximate surface area is 168 Å². The molecule has 2 aromatic carbocycles. The fourth-order valence-electron chi connectivity index (χ4n) is 3.63. The molecule has 1 atom stereocenters. The molecule has 4 rings (SSSR count). The number of nitrogens with zero attached hydrogens (tertiary/aromatic N) is 4. The molecular weight excluding hydrogens is 376 g/mol. The van der Waals surface area contributed by atoms with Crippen LogP contribution in [0.15, 0.2) is 54.7 Å². The van der Waals surface area contributed by atoms with E-state index in [9.17, 15) is 4.79 Å². The molecule has 1 aromatic heterocycles. The maximum Gasteiger partial charge on any atom is 0.276 e. The van der Waals surface area contributed by atoms with E-state index in [0.717, 1.165) is 29.7 Å². The minimum absolute atomic E-state index is 0.0244. The summed E-state index contributed by atoms with van der Waals surface area (Å²) in [6.45, 7) is 1.18. The van der Waals surface area contributed by atoms with Gasteiger partial charge >= 0.3 is 0 Å². The second-order valence-electron chi connectivity index (χ2n) is 6.83. The molecule has 1 saturated heterocycles. The Morgan fingerprint density at radius 3 is 2.93 bits per heavy atom. The predicted molar refractivity (Wildman–Crippen MR) is 107 cm³/mol. The van der Waals surface area contributed by atoms with Crippen LogP contribution in [0.4, 0.5) is 0 Å². The van der Waals surface area contributed by atoms with Crippen molar-refractivity contribution in [2.45, 2.75) is 25.4 Å². The quantitative estimate of drug-likeness (QED) is 0.654. The maximum atomic E-state index is 13.1. The van der Waals surface area contributed by atoms with Crippen molar-refractivity contribution in [3.63, 3.8) is 0 Å². The molecule has 1 amide bonds. The number of methoxy groups -OCH3 is 1. The van der Waals surface area contributed by atoms with Gasteiger partial charge in [-0.25, -0.2) is 4.68 Å². The first-order chi connectivity index (χ1) is 13.7. The molecule has 0 saturated carbocycles. The van der Waals surface area contributed by atoms with Crippen LogP contribution in [-0.2, 0) is 6.54 Å². The Bertz CT molecular complexity index is 988. The molecule has 6 nitrogen and oxygen atoms in total. The molecule has 0 bridgehead atoms. The summed E-state index contributed by atoms with van der Waals surface area (Å²) in [5, 5.41) is 8.88. The van der Waals surface area contributed by atoms with Gasteiger partial charge in [-0.15, -0.1) is 5.10 Å². The molecule has 1 aliphatic rings. The van der Waals surface area contributed by atoms with E-state index in [1.165, 1.54) is 0 Å². The number of hydrogen-bond acceptors (Lipinski definition) is 4. The van der Waals surface area contributed by atoms with Gasteiger partial charge in [0.1, 0.15) is 5.75 Å². The first-order valence-corrected chi connectivity index (χ1v) is 9.62. The molecule has 0 aliphatic carbocycles. The maximum absolute atomic E-state index is 13.1. The van der Waals surface area contributed by atoms with E-state index in [0.29, 0.717) is 23.8 Å².